The summed E-state index contributed by atoms with van der Waals surface area (Å²) in [5.74, 6) is 1.07. The number of aliphatic hydroxyl groups is 1. The largest absolute Gasteiger partial charge is 0.389 e. The molecule has 3 heterocycles. The number of carbonyl (C=O) groups is 1. The van der Waals surface area contributed by atoms with E-state index in [9.17, 15) is 15.2 Å². The maximum atomic E-state index is 11.0. The predicted molar refractivity (Wildman–Crippen MR) is 132 cm³/mol. The Morgan fingerprint density at radius 2 is 2.09 bits per heavy atom. The zero-order valence-corrected chi connectivity index (χ0v) is 20.2. The minimum atomic E-state index is -0.765. The van der Waals surface area contributed by atoms with Crippen LogP contribution in [0.25, 0.3) is 22.7 Å². The van der Waals surface area contributed by atoms with Gasteiger partial charge in [-0.25, -0.2) is 14.6 Å². The van der Waals surface area contributed by atoms with E-state index in [1.165, 1.54) is 0 Å². The van der Waals surface area contributed by atoms with E-state index < -0.39 is 6.10 Å². The Morgan fingerprint density at radius 1 is 1.29 bits per heavy atom. The third-order valence-corrected chi connectivity index (χ3v) is 5.89. The summed E-state index contributed by atoms with van der Waals surface area (Å²) >= 11 is 0. The lowest BCUT2D eigenvalue weighted by Crippen LogP contribution is -2.33. The highest BCUT2D eigenvalue weighted by atomic mass is 16.3. The van der Waals surface area contributed by atoms with Crippen molar-refractivity contribution in [3.05, 3.63) is 59.7 Å². The van der Waals surface area contributed by atoms with Crippen LogP contribution in [0, 0.1) is 18.3 Å². The molecule has 0 bridgehead atoms. The minimum Gasteiger partial charge on any atom is -0.389 e. The number of hydrogen-bond donors (Lipinski definition) is 2. The summed E-state index contributed by atoms with van der Waals surface area (Å²) in [5.41, 5.74) is 4.20. The molecule has 2 unspecified atom stereocenters. The van der Waals surface area contributed by atoms with Crippen molar-refractivity contribution < 1.29 is 9.90 Å². The highest BCUT2D eigenvalue weighted by Gasteiger charge is 2.18. The number of aliphatic hydroxyl groups excluding tert-OH is 1. The Hall–Kier alpha value is -4.23. The van der Waals surface area contributed by atoms with Crippen LogP contribution >= 0.6 is 0 Å². The van der Waals surface area contributed by atoms with Crippen molar-refractivity contribution in [1.82, 2.24) is 29.2 Å². The summed E-state index contributed by atoms with van der Waals surface area (Å²) < 4.78 is 3.45. The zero-order valence-electron chi connectivity index (χ0n) is 20.2. The number of anilines is 1. The summed E-state index contributed by atoms with van der Waals surface area (Å²) in [6.07, 6.45) is 2.63. The molecule has 2 N–H and O–H groups in total. The monoisotopic (exact) mass is 472 g/mol. The lowest BCUT2D eigenvalue weighted by atomic mass is 10.1. The van der Waals surface area contributed by atoms with Crippen molar-refractivity contribution in [2.75, 3.05) is 18.9 Å². The minimum absolute atomic E-state index is 0.123. The Morgan fingerprint density at radius 3 is 2.74 bits per heavy atom. The fraction of sp³-hybridized carbons (Fsp3) is 0.320. The third-order valence-electron chi connectivity index (χ3n) is 5.89. The van der Waals surface area contributed by atoms with Gasteiger partial charge >= 0.3 is 0 Å². The Balaban J connectivity index is 1.71. The maximum absolute atomic E-state index is 11.0. The molecule has 35 heavy (non-hydrogen) atoms. The Labute approximate surface area is 203 Å². The molecule has 0 saturated carbocycles. The highest BCUT2D eigenvalue weighted by molar-refractivity contribution is 5.81. The first-order chi connectivity index (χ1) is 16.8. The third kappa shape index (κ3) is 4.85. The number of nitrogens with one attached hydrogen (secondary N) is 1. The number of pyridine rings is 1. The number of carbonyl (C=O) groups excluding carboxylic acids is 1. The molecule has 0 spiro atoms. The average Bonchev–Trinajstić information content (AvgIpc) is 3.45. The normalized spacial score (nSPS) is 12.8. The van der Waals surface area contributed by atoms with Crippen LogP contribution in [0.3, 0.4) is 0 Å². The Bertz CT molecular complexity index is 1400. The molecule has 1 amide bonds. The molecule has 180 valence electrons. The van der Waals surface area contributed by atoms with Gasteiger partial charge in [0.1, 0.15) is 18.2 Å². The molecule has 3 aromatic heterocycles. The first kappa shape index (κ1) is 23.9. The number of hydrogen-bond acceptors (Lipinski definition) is 7. The molecule has 0 fully saturated rings. The number of nitriles is 1. The quantitative estimate of drug-likeness (QED) is 0.359. The summed E-state index contributed by atoms with van der Waals surface area (Å²) in [7, 11) is 1.76. The summed E-state index contributed by atoms with van der Waals surface area (Å²) in [6.45, 7) is 6.19. The number of aromatic nitrogens is 5. The van der Waals surface area contributed by atoms with Gasteiger partial charge in [0.25, 0.3) is 0 Å². The van der Waals surface area contributed by atoms with Gasteiger partial charge in [0.2, 0.25) is 6.41 Å². The lowest BCUT2D eigenvalue weighted by Gasteiger charge is -2.22. The van der Waals surface area contributed by atoms with Gasteiger partial charge < -0.3 is 15.3 Å². The van der Waals surface area contributed by atoms with Crippen LogP contribution in [0.1, 0.15) is 43.3 Å². The summed E-state index contributed by atoms with van der Waals surface area (Å²) in [5, 5.41) is 27.3. The molecule has 0 aliphatic heterocycles. The second-order valence-electron chi connectivity index (χ2n) is 8.57. The fourth-order valence-electron chi connectivity index (χ4n) is 4.01. The van der Waals surface area contributed by atoms with Crippen LogP contribution < -0.4 is 5.32 Å². The molecule has 10 heteroatoms. The number of nitrogens with zero attached hydrogens (tertiary/aromatic N) is 7. The van der Waals surface area contributed by atoms with Crippen molar-refractivity contribution in [3.63, 3.8) is 0 Å². The van der Waals surface area contributed by atoms with Crippen LogP contribution in [0.2, 0.25) is 0 Å². The second kappa shape index (κ2) is 9.95. The smallest absolute Gasteiger partial charge is 0.209 e. The molecule has 0 radical (unpaired) electrons. The van der Waals surface area contributed by atoms with Gasteiger partial charge in [0.15, 0.2) is 11.5 Å². The standard InChI is InChI=1S/C25H28N8O2/c1-5-18(13-31(4)15-34)28-19-6-8-23-22(11-19)27-14-32(23)24-9-7-21(17(3)35)25(29-24)33-16(2)10-20(12-26)30-33/h6-11,14-15,17-18,28,35H,5,13H2,1-4H3. The molecule has 0 aliphatic rings. The second-order valence-corrected chi connectivity index (χ2v) is 8.57. The molecular weight excluding hydrogens is 444 g/mol. The number of imidazole rings is 1. The topological polar surface area (TPSA) is 125 Å². The van der Waals surface area contributed by atoms with Gasteiger partial charge in [-0.1, -0.05) is 6.92 Å². The molecule has 10 nitrogen and oxygen atoms in total. The van der Waals surface area contributed by atoms with Crippen LogP contribution in [0.5, 0.6) is 0 Å². The average molecular weight is 473 g/mol. The van der Waals surface area contributed by atoms with E-state index in [2.05, 4.69) is 22.3 Å². The van der Waals surface area contributed by atoms with Gasteiger partial charge in [-0.15, -0.1) is 0 Å². The van der Waals surface area contributed by atoms with E-state index in [1.807, 2.05) is 47.9 Å². The van der Waals surface area contributed by atoms with Gasteiger partial charge in [0.05, 0.1) is 17.1 Å². The fourth-order valence-corrected chi connectivity index (χ4v) is 4.01. The van der Waals surface area contributed by atoms with Gasteiger partial charge in [-0.05, 0) is 56.7 Å². The molecular formula is C25H28N8O2. The van der Waals surface area contributed by atoms with Crippen LogP contribution in [0.15, 0.2) is 42.7 Å². The SMILES string of the molecule is CCC(CN(C)C=O)Nc1ccc2c(c1)ncn2-c1ccc(C(C)O)c(-n2nc(C#N)cc2C)n1. The summed E-state index contributed by atoms with van der Waals surface area (Å²) in [4.78, 5) is 21.9. The van der Waals surface area contributed by atoms with Gasteiger partial charge in [0, 0.05) is 36.6 Å². The molecule has 1 aromatic carbocycles. The van der Waals surface area contributed by atoms with Crippen LogP contribution in [-0.2, 0) is 4.79 Å². The zero-order chi connectivity index (χ0) is 25.1. The first-order valence-electron chi connectivity index (χ1n) is 11.4. The van der Waals surface area contributed by atoms with E-state index >= 15 is 0 Å². The first-order valence-corrected chi connectivity index (χ1v) is 11.4. The predicted octanol–water partition coefficient (Wildman–Crippen LogP) is 3.12. The van der Waals surface area contributed by atoms with E-state index in [4.69, 9.17) is 4.98 Å². The van der Waals surface area contributed by atoms with Crippen molar-refractivity contribution in [2.24, 2.45) is 0 Å². The van der Waals surface area contributed by atoms with Crippen molar-refractivity contribution in [1.29, 1.82) is 5.26 Å². The van der Waals surface area contributed by atoms with Gasteiger partial charge in [-0.3, -0.25) is 9.36 Å². The van der Waals surface area contributed by atoms with E-state index in [0.29, 0.717) is 23.7 Å². The number of likely N-dealkylation sites (N-methyl/N-ethyl adjacent to an activating group) is 1. The highest BCUT2D eigenvalue weighted by Crippen LogP contribution is 2.26. The number of aryl methyl sites for hydroxylation is 1. The van der Waals surface area contributed by atoms with E-state index in [0.717, 1.165) is 35.2 Å². The number of rotatable bonds is 9. The lowest BCUT2D eigenvalue weighted by molar-refractivity contribution is -0.117. The number of amides is 1. The van der Waals surface area contributed by atoms with E-state index in [1.54, 1.807) is 35.9 Å². The molecule has 0 aliphatic carbocycles. The van der Waals surface area contributed by atoms with Crippen molar-refractivity contribution in [2.45, 2.75) is 39.3 Å². The van der Waals surface area contributed by atoms with Crippen LogP contribution in [-0.4, -0.2) is 60.4 Å². The van der Waals surface area contributed by atoms with E-state index in [-0.39, 0.29) is 11.7 Å². The Kier molecular flexibility index (Phi) is 6.80. The van der Waals surface area contributed by atoms with Crippen molar-refractivity contribution >= 4 is 23.1 Å². The van der Waals surface area contributed by atoms with Crippen molar-refractivity contribution in [3.8, 4) is 17.7 Å². The number of fused-ring (bicyclic) bond motifs is 1. The molecule has 4 rings (SSSR count). The van der Waals surface area contributed by atoms with Gasteiger partial charge in [-0.2, -0.15) is 10.4 Å². The maximum Gasteiger partial charge on any atom is 0.209 e. The molecule has 2 atom stereocenters. The summed E-state index contributed by atoms with van der Waals surface area (Å²) in [6, 6.07) is 13.4. The molecule has 0 saturated heterocycles. The number of benzene rings is 1. The molecule has 4 aromatic rings. The van der Waals surface area contributed by atoms with Crippen LogP contribution in [0.4, 0.5) is 5.69 Å².